The topological polar surface area (TPSA) is 55.3 Å². The number of oxazole rings is 1. The van der Waals surface area contributed by atoms with Crippen LogP contribution in [0.5, 0.6) is 0 Å². The molecular weight excluding hydrogens is 178 g/mol. The number of anilines is 1. The molecule has 4 heterocycles. The number of hydrogen-bond acceptors (Lipinski definition) is 4. The smallest absolute Gasteiger partial charge is 0.292 e. The molecule has 4 rings (SSSR count). The summed E-state index contributed by atoms with van der Waals surface area (Å²) in [4.78, 5) is 6.47. The van der Waals surface area contributed by atoms with Gasteiger partial charge >= 0.3 is 0 Å². The lowest BCUT2D eigenvalue weighted by Crippen LogP contribution is -2.46. The lowest BCUT2D eigenvalue weighted by atomic mass is 9.78. The number of fused-ring (bicyclic) bond motifs is 3. The normalized spacial score (nSPS) is 36.1. The fourth-order valence-corrected chi connectivity index (χ4v) is 2.76. The molecule has 14 heavy (non-hydrogen) atoms. The molecule has 0 aliphatic carbocycles. The van der Waals surface area contributed by atoms with Crippen LogP contribution >= 0.6 is 0 Å². The number of hydrogen-bond donors (Lipinski definition) is 1. The number of rotatable bonds is 1. The predicted octanol–water partition coefficient (Wildman–Crippen LogP) is 1.07. The van der Waals surface area contributed by atoms with Gasteiger partial charge in [0.25, 0.3) is 6.01 Å². The molecule has 3 fully saturated rings. The molecule has 3 aliphatic heterocycles. The van der Waals surface area contributed by atoms with Crippen molar-refractivity contribution < 1.29 is 4.42 Å². The molecule has 76 valence electrons. The summed E-state index contributed by atoms with van der Waals surface area (Å²) in [5, 5.41) is 0. The first kappa shape index (κ1) is 8.29. The van der Waals surface area contributed by atoms with E-state index in [0.29, 0.717) is 11.9 Å². The SMILES string of the molecule is Nc1ncc(C2CN3CCC2CC3)o1. The summed E-state index contributed by atoms with van der Waals surface area (Å²) in [5.41, 5.74) is 5.49. The maximum Gasteiger partial charge on any atom is 0.292 e. The molecule has 3 aliphatic rings. The first-order valence-corrected chi connectivity index (χ1v) is 5.26. The molecule has 1 atom stereocenters. The van der Waals surface area contributed by atoms with Crippen LogP contribution in [0.4, 0.5) is 6.01 Å². The summed E-state index contributed by atoms with van der Waals surface area (Å²) < 4.78 is 5.42. The van der Waals surface area contributed by atoms with Crippen LogP contribution < -0.4 is 5.73 Å². The molecule has 0 aromatic carbocycles. The van der Waals surface area contributed by atoms with E-state index in [1.165, 1.54) is 25.9 Å². The monoisotopic (exact) mass is 193 g/mol. The van der Waals surface area contributed by atoms with Crippen LogP contribution in [0.1, 0.15) is 24.5 Å². The van der Waals surface area contributed by atoms with Crippen molar-refractivity contribution in [3.8, 4) is 0 Å². The summed E-state index contributed by atoms with van der Waals surface area (Å²) in [7, 11) is 0. The summed E-state index contributed by atoms with van der Waals surface area (Å²) in [5.74, 6) is 2.30. The maximum absolute atomic E-state index is 5.49. The first-order chi connectivity index (χ1) is 6.83. The molecule has 4 heteroatoms. The number of nitrogen functional groups attached to an aromatic ring is 1. The molecule has 2 bridgehead atoms. The fourth-order valence-electron chi connectivity index (χ4n) is 2.76. The minimum absolute atomic E-state index is 0.302. The lowest BCUT2D eigenvalue weighted by molar-refractivity contribution is 0.0783. The molecule has 0 radical (unpaired) electrons. The van der Waals surface area contributed by atoms with Gasteiger partial charge in [0, 0.05) is 12.5 Å². The second-order valence-electron chi connectivity index (χ2n) is 4.35. The van der Waals surface area contributed by atoms with E-state index in [4.69, 9.17) is 10.2 Å². The van der Waals surface area contributed by atoms with E-state index in [2.05, 4.69) is 9.88 Å². The zero-order valence-corrected chi connectivity index (χ0v) is 8.15. The maximum atomic E-state index is 5.49. The second kappa shape index (κ2) is 2.98. The van der Waals surface area contributed by atoms with Crippen molar-refractivity contribution in [1.82, 2.24) is 9.88 Å². The summed E-state index contributed by atoms with van der Waals surface area (Å²) in [6, 6.07) is 0.302. The zero-order valence-electron chi connectivity index (χ0n) is 8.15. The minimum Gasteiger partial charge on any atom is -0.429 e. The largest absolute Gasteiger partial charge is 0.429 e. The highest BCUT2D eigenvalue weighted by Crippen LogP contribution is 2.39. The third-order valence-electron chi connectivity index (χ3n) is 3.56. The quantitative estimate of drug-likeness (QED) is 0.724. The Morgan fingerprint density at radius 2 is 2.21 bits per heavy atom. The van der Waals surface area contributed by atoms with Gasteiger partial charge in [0.05, 0.1) is 6.20 Å². The van der Waals surface area contributed by atoms with Crippen LogP contribution in [-0.4, -0.2) is 29.5 Å². The fraction of sp³-hybridized carbons (Fsp3) is 0.700. The standard InChI is InChI=1S/C10H15N3O/c11-10-12-5-9(14-10)8-6-13-3-1-7(8)2-4-13/h5,7-8H,1-4,6H2,(H2,11,12). The molecule has 1 aromatic heterocycles. The molecule has 4 nitrogen and oxygen atoms in total. The van der Waals surface area contributed by atoms with Crippen LogP contribution in [0.25, 0.3) is 0 Å². The van der Waals surface area contributed by atoms with Crippen molar-refractivity contribution in [3.63, 3.8) is 0 Å². The van der Waals surface area contributed by atoms with Crippen LogP contribution in [0.2, 0.25) is 0 Å². The second-order valence-corrected chi connectivity index (χ2v) is 4.35. The van der Waals surface area contributed by atoms with Crippen LogP contribution in [0, 0.1) is 5.92 Å². The highest BCUT2D eigenvalue weighted by atomic mass is 16.4. The zero-order chi connectivity index (χ0) is 9.54. The molecule has 2 N–H and O–H groups in total. The van der Waals surface area contributed by atoms with Gasteiger partial charge in [-0.3, -0.25) is 0 Å². The van der Waals surface area contributed by atoms with Gasteiger partial charge in [-0.1, -0.05) is 0 Å². The number of nitrogens with two attached hydrogens (primary N) is 1. The van der Waals surface area contributed by atoms with Gasteiger partial charge in [0.15, 0.2) is 0 Å². The van der Waals surface area contributed by atoms with Gasteiger partial charge in [0.1, 0.15) is 5.76 Å². The third-order valence-corrected chi connectivity index (χ3v) is 3.56. The van der Waals surface area contributed by atoms with Crippen molar-refractivity contribution in [3.05, 3.63) is 12.0 Å². The molecule has 0 spiro atoms. The van der Waals surface area contributed by atoms with E-state index >= 15 is 0 Å². The van der Waals surface area contributed by atoms with Gasteiger partial charge < -0.3 is 15.1 Å². The third kappa shape index (κ3) is 1.21. The molecule has 0 saturated carbocycles. The number of nitrogens with zero attached hydrogens (tertiary/aromatic N) is 2. The van der Waals surface area contributed by atoms with Crippen LogP contribution in [0.15, 0.2) is 10.6 Å². The Hall–Kier alpha value is -1.03. The average Bonchev–Trinajstić information content (AvgIpc) is 2.66. The van der Waals surface area contributed by atoms with Gasteiger partial charge in [-0.25, -0.2) is 4.98 Å². The highest BCUT2D eigenvalue weighted by molar-refractivity contribution is 5.16. The van der Waals surface area contributed by atoms with Crippen LogP contribution in [0.3, 0.4) is 0 Å². The van der Waals surface area contributed by atoms with E-state index in [9.17, 15) is 0 Å². The van der Waals surface area contributed by atoms with Crippen molar-refractivity contribution in [2.24, 2.45) is 5.92 Å². The average molecular weight is 193 g/mol. The van der Waals surface area contributed by atoms with Crippen LogP contribution in [-0.2, 0) is 0 Å². The van der Waals surface area contributed by atoms with Crippen molar-refractivity contribution >= 4 is 6.01 Å². The Labute approximate surface area is 83.1 Å². The van der Waals surface area contributed by atoms with Gasteiger partial charge in [-0.2, -0.15) is 0 Å². The Balaban J connectivity index is 1.85. The summed E-state index contributed by atoms with van der Waals surface area (Å²) in [6.07, 6.45) is 4.39. The van der Waals surface area contributed by atoms with E-state index in [1.54, 1.807) is 6.20 Å². The molecule has 1 aromatic rings. The van der Waals surface area contributed by atoms with E-state index in [1.807, 2.05) is 0 Å². The first-order valence-electron chi connectivity index (χ1n) is 5.26. The van der Waals surface area contributed by atoms with Crippen molar-refractivity contribution in [2.75, 3.05) is 25.4 Å². The molecule has 3 saturated heterocycles. The summed E-state index contributed by atoms with van der Waals surface area (Å²) >= 11 is 0. The molecule has 1 unspecified atom stereocenters. The Morgan fingerprint density at radius 3 is 2.71 bits per heavy atom. The highest BCUT2D eigenvalue weighted by Gasteiger charge is 2.36. The lowest BCUT2D eigenvalue weighted by Gasteiger charge is -2.43. The Kier molecular flexibility index (Phi) is 1.77. The van der Waals surface area contributed by atoms with Gasteiger partial charge in [-0.05, 0) is 31.8 Å². The molecule has 0 amide bonds. The minimum atomic E-state index is 0.302. The van der Waals surface area contributed by atoms with Gasteiger partial charge in [0.2, 0.25) is 0 Å². The van der Waals surface area contributed by atoms with E-state index in [-0.39, 0.29) is 0 Å². The molecular formula is C10H15N3O. The van der Waals surface area contributed by atoms with Crippen molar-refractivity contribution in [2.45, 2.75) is 18.8 Å². The number of piperidine rings is 3. The van der Waals surface area contributed by atoms with E-state index < -0.39 is 0 Å². The van der Waals surface area contributed by atoms with Gasteiger partial charge in [-0.15, -0.1) is 0 Å². The Morgan fingerprint density at radius 1 is 1.43 bits per heavy atom. The Bertz CT molecular complexity index is 328. The summed E-state index contributed by atoms with van der Waals surface area (Å²) in [6.45, 7) is 3.63. The number of aromatic nitrogens is 1. The van der Waals surface area contributed by atoms with E-state index in [0.717, 1.165) is 18.2 Å². The van der Waals surface area contributed by atoms with Crippen molar-refractivity contribution in [1.29, 1.82) is 0 Å². The predicted molar refractivity (Wildman–Crippen MR) is 52.8 cm³/mol.